The first-order valence-corrected chi connectivity index (χ1v) is 6.27. The molecule has 0 spiro atoms. The van der Waals surface area contributed by atoms with E-state index in [-0.39, 0.29) is 5.92 Å². The normalized spacial score (nSPS) is 17.5. The maximum atomic E-state index is 10.4. The third-order valence-electron chi connectivity index (χ3n) is 1.68. The topological polar surface area (TPSA) is 37.3 Å². The lowest BCUT2D eigenvalue weighted by Gasteiger charge is -2.13. The molecule has 4 unspecified atom stereocenters. The average molecular weight is 180 g/mol. The Kier molecular flexibility index (Phi) is 5.21. The lowest BCUT2D eigenvalue weighted by Crippen LogP contribution is -2.19. The Balaban J connectivity index is 3.69. The van der Waals surface area contributed by atoms with Gasteiger partial charge in [0.1, 0.15) is 0 Å². The van der Waals surface area contributed by atoms with E-state index in [1.807, 2.05) is 6.92 Å². The van der Waals surface area contributed by atoms with E-state index in [0.717, 1.165) is 14.4 Å². The number of aliphatic carboxylic acids is 1. The smallest absolute Gasteiger partial charge is 0.306 e. The Bertz CT molecular complexity index is 116. The molecule has 2 nitrogen and oxygen atoms in total. The molecule has 0 heterocycles. The summed E-state index contributed by atoms with van der Waals surface area (Å²) in [7, 11) is 3.41. The molecule has 0 aromatic rings. The summed E-state index contributed by atoms with van der Waals surface area (Å²) >= 11 is 0. The summed E-state index contributed by atoms with van der Waals surface area (Å²) in [5.74, 6) is -0.586. The second kappa shape index (κ2) is 5.04. The molecule has 0 aliphatic rings. The highest BCUT2D eigenvalue weighted by molar-refractivity contribution is 8.02. The van der Waals surface area contributed by atoms with Gasteiger partial charge in [-0.15, -0.1) is 17.2 Å². The standard InChI is InChI=1S/C6H14O2P2/c1-4(3-10-9)5(2)6(7)8/h4-5,10H,3,9H2,1-2H3,(H,7,8). The van der Waals surface area contributed by atoms with Gasteiger partial charge in [0, 0.05) is 0 Å². The molecule has 60 valence electrons. The van der Waals surface area contributed by atoms with Crippen molar-refractivity contribution >= 4 is 23.2 Å². The van der Waals surface area contributed by atoms with Crippen LogP contribution in [0.25, 0.3) is 0 Å². The quantitative estimate of drug-likeness (QED) is 0.670. The number of carbonyl (C=O) groups is 1. The second-order valence-electron chi connectivity index (χ2n) is 2.51. The summed E-state index contributed by atoms with van der Waals surface area (Å²) in [5.41, 5.74) is 0. The van der Waals surface area contributed by atoms with Crippen LogP contribution >= 0.6 is 17.2 Å². The van der Waals surface area contributed by atoms with Crippen LogP contribution in [0.4, 0.5) is 0 Å². The third kappa shape index (κ3) is 3.49. The van der Waals surface area contributed by atoms with Crippen molar-refractivity contribution in [2.24, 2.45) is 11.8 Å². The summed E-state index contributed by atoms with van der Waals surface area (Å²) in [5, 5.41) is 8.58. The second-order valence-corrected chi connectivity index (χ2v) is 4.55. The summed E-state index contributed by atoms with van der Waals surface area (Å²) < 4.78 is 0. The van der Waals surface area contributed by atoms with Crippen molar-refractivity contribution in [1.82, 2.24) is 0 Å². The van der Waals surface area contributed by atoms with Crippen LogP contribution in [-0.2, 0) is 4.79 Å². The zero-order chi connectivity index (χ0) is 8.15. The van der Waals surface area contributed by atoms with Crippen molar-refractivity contribution in [1.29, 1.82) is 0 Å². The predicted octanol–water partition coefficient (Wildman–Crippen LogP) is 1.81. The van der Waals surface area contributed by atoms with Gasteiger partial charge in [-0.3, -0.25) is 4.79 Å². The minimum Gasteiger partial charge on any atom is -0.481 e. The zero-order valence-corrected chi connectivity index (χ0v) is 8.45. The van der Waals surface area contributed by atoms with Crippen LogP contribution in [0.3, 0.4) is 0 Å². The Hall–Kier alpha value is 0.330. The van der Waals surface area contributed by atoms with Gasteiger partial charge in [-0.25, -0.2) is 0 Å². The molecule has 10 heavy (non-hydrogen) atoms. The fourth-order valence-corrected chi connectivity index (χ4v) is 2.45. The lowest BCUT2D eigenvalue weighted by molar-refractivity contribution is -0.142. The molecule has 0 aromatic heterocycles. The van der Waals surface area contributed by atoms with Crippen LogP contribution in [-0.4, -0.2) is 17.2 Å². The number of rotatable bonds is 4. The first kappa shape index (κ1) is 10.3. The molecule has 4 atom stereocenters. The molecular weight excluding hydrogens is 166 g/mol. The van der Waals surface area contributed by atoms with E-state index in [0.29, 0.717) is 5.92 Å². The van der Waals surface area contributed by atoms with Crippen molar-refractivity contribution in [3.05, 3.63) is 0 Å². The van der Waals surface area contributed by atoms with Crippen LogP contribution in [0.5, 0.6) is 0 Å². The van der Waals surface area contributed by atoms with Crippen LogP contribution < -0.4 is 0 Å². The van der Waals surface area contributed by atoms with Gasteiger partial charge < -0.3 is 5.11 Å². The summed E-state index contributed by atoms with van der Waals surface area (Å²) in [6.45, 7) is 3.74. The Labute approximate surface area is 65.7 Å². The maximum Gasteiger partial charge on any atom is 0.306 e. The SMILES string of the molecule is CC(CPP)C(C)C(=O)O. The van der Waals surface area contributed by atoms with Crippen LogP contribution in [0.1, 0.15) is 13.8 Å². The van der Waals surface area contributed by atoms with Gasteiger partial charge in [-0.05, 0) is 12.1 Å². The van der Waals surface area contributed by atoms with Crippen molar-refractivity contribution in [2.75, 3.05) is 6.16 Å². The Morgan fingerprint density at radius 1 is 1.70 bits per heavy atom. The summed E-state index contributed by atoms with van der Waals surface area (Å²) in [4.78, 5) is 10.4. The monoisotopic (exact) mass is 180 g/mol. The molecule has 0 aliphatic carbocycles. The minimum atomic E-state index is -0.684. The Morgan fingerprint density at radius 3 is 2.50 bits per heavy atom. The fraction of sp³-hybridized carbons (Fsp3) is 0.833. The lowest BCUT2D eigenvalue weighted by atomic mass is 9.98. The molecule has 0 saturated carbocycles. The van der Waals surface area contributed by atoms with Gasteiger partial charge in [0.05, 0.1) is 5.92 Å². The van der Waals surface area contributed by atoms with Crippen molar-refractivity contribution in [3.63, 3.8) is 0 Å². The van der Waals surface area contributed by atoms with Gasteiger partial charge in [-0.1, -0.05) is 13.8 Å². The van der Waals surface area contributed by atoms with Gasteiger partial charge in [-0.2, -0.15) is 0 Å². The predicted molar refractivity (Wildman–Crippen MR) is 48.9 cm³/mol. The van der Waals surface area contributed by atoms with E-state index in [2.05, 4.69) is 8.93 Å². The highest BCUT2D eigenvalue weighted by Gasteiger charge is 2.17. The van der Waals surface area contributed by atoms with Crippen LogP contribution in [0.2, 0.25) is 0 Å². The highest BCUT2D eigenvalue weighted by atomic mass is 32.0. The molecule has 0 amide bonds. The van der Waals surface area contributed by atoms with Crippen LogP contribution in [0, 0.1) is 11.8 Å². The van der Waals surface area contributed by atoms with Crippen LogP contribution in [0.15, 0.2) is 0 Å². The third-order valence-corrected chi connectivity index (χ3v) is 3.27. The molecular formula is C6H14O2P2. The Morgan fingerprint density at radius 2 is 2.20 bits per heavy atom. The van der Waals surface area contributed by atoms with Crippen molar-refractivity contribution in [3.8, 4) is 0 Å². The average Bonchev–Trinajstić information content (AvgIpc) is 1.87. The number of hydrogen-bond acceptors (Lipinski definition) is 1. The van der Waals surface area contributed by atoms with E-state index < -0.39 is 5.97 Å². The molecule has 1 N–H and O–H groups in total. The van der Waals surface area contributed by atoms with Gasteiger partial charge >= 0.3 is 5.97 Å². The first-order chi connectivity index (χ1) is 4.59. The number of carboxylic acid groups (broad SMARTS) is 1. The van der Waals surface area contributed by atoms with Crippen molar-refractivity contribution in [2.45, 2.75) is 13.8 Å². The molecule has 0 aromatic carbocycles. The van der Waals surface area contributed by atoms with Gasteiger partial charge in [0.15, 0.2) is 0 Å². The molecule has 4 heteroatoms. The van der Waals surface area contributed by atoms with E-state index >= 15 is 0 Å². The van der Waals surface area contributed by atoms with Crippen molar-refractivity contribution < 1.29 is 9.90 Å². The molecule has 0 saturated heterocycles. The summed E-state index contributed by atoms with van der Waals surface area (Å²) in [6.07, 6.45) is 0.998. The molecule has 0 radical (unpaired) electrons. The number of hydrogen-bond donors (Lipinski definition) is 1. The zero-order valence-electron chi connectivity index (χ0n) is 6.29. The molecule has 0 bridgehead atoms. The van der Waals surface area contributed by atoms with E-state index in [9.17, 15) is 4.79 Å². The van der Waals surface area contributed by atoms with Gasteiger partial charge in [0.2, 0.25) is 0 Å². The van der Waals surface area contributed by atoms with Gasteiger partial charge in [0.25, 0.3) is 0 Å². The molecule has 0 rings (SSSR count). The largest absolute Gasteiger partial charge is 0.481 e. The fourth-order valence-electron chi connectivity index (χ4n) is 0.606. The first-order valence-electron chi connectivity index (χ1n) is 3.25. The van der Waals surface area contributed by atoms with E-state index in [4.69, 9.17) is 5.11 Å². The molecule has 0 aliphatic heterocycles. The maximum absolute atomic E-state index is 10.4. The summed E-state index contributed by atoms with van der Waals surface area (Å²) in [6, 6.07) is 0. The minimum absolute atomic E-state index is 0.201. The van der Waals surface area contributed by atoms with E-state index in [1.165, 1.54) is 0 Å². The van der Waals surface area contributed by atoms with E-state index in [1.54, 1.807) is 6.92 Å². The number of carboxylic acids is 1. The molecule has 0 fully saturated rings. The highest BCUT2D eigenvalue weighted by Crippen LogP contribution is 2.26.